The van der Waals surface area contributed by atoms with Crippen LogP contribution in [0.2, 0.25) is 0 Å². The van der Waals surface area contributed by atoms with Crippen molar-refractivity contribution in [2.24, 2.45) is 0 Å². The first-order chi connectivity index (χ1) is 11.3. The summed E-state index contributed by atoms with van der Waals surface area (Å²) in [7, 11) is 0. The third kappa shape index (κ3) is 3.01. The van der Waals surface area contributed by atoms with Gasteiger partial charge in [0.15, 0.2) is 0 Å². The third-order valence-electron chi connectivity index (χ3n) is 3.99. The molecule has 0 N–H and O–H groups in total. The summed E-state index contributed by atoms with van der Waals surface area (Å²) in [6, 6.07) is 25.6. The molecule has 0 saturated carbocycles. The van der Waals surface area contributed by atoms with Crippen molar-refractivity contribution in [2.75, 3.05) is 0 Å². The van der Waals surface area contributed by atoms with Gasteiger partial charge in [-0.1, -0.05) is 48.5 Å². The van der Waals surface area contributed by atoms with Gasteiger partial charge in [-0.2, -0.15) is 0 Å². The molecule has 0 radical (unpaired) electrons. The van der Waals surface area contributed by atoms with Crippen LogP contribution in [0, 0.1) is 3.57 Å². The van der Waals surface area contributed by atoms with Crippen molar-refractivity contribution in [2.45, 2.75) is 6.54 Å². The topological polar surface area (TPSA) is 17.8 Å². The number of hydrogen-bond acceptors (Lipinski definition) is 1. The van der Waals surface area contributed by atoms with Crippen LogP contribution in [0.5, 0.6) is 0 Å². The molecular formula is C20H15IN2. The first-order valence-electron chi connectivity index (χ1n) is 7.54. The van der Waals surface area contributed by atoms with E-state index < -0.39 is 0 Å². The summed E-state index contributed by atoms with van der Waals surface area (Å²) in [5.41, 5.74) is 6.01. The van der Waals surface area contributed by atoms with Crippen LogP contribution in [0.15, 0.2) is 79.1 Å². The maximum absolute atomic E-state index is 4.45. The predicted molar refractivity (Wildman–Crippen MR) is 103 cm³/mol. The highest BCUT2D eigenvalue weighted by molar-refractivity contribution is 14.1. The van der Waals surface area contributed by atoms with Crippen LogP contribution >= 0.6 is 22.6 Å². The standard InChI is InChI=1S/C20H15IN2/c21-18-5-3-4-17(12-18)16-10-8-15(9-11-16)13-23-14-22-19-6-1-2-7-20(19)23/h1-12,14H,13H2. The molecule has 3 aromatic carbocycles. The molecule has 0 atom stereocenters. The van der Waals surface area contributed by atoms with Crippen LogP contribution < -0.4 is 0 Å². The predicted octanol–water partition coefficient (Wildman–Crippen LogP) is 5.36. The summed E-state index contributed by atoms with van der Waals surface area (Å²) in [5.74, 6) is 0. The minimum atomic E-state index is 0.840. The van der Waals surface area contributed by atoms with Crippen LogP contribution in [0.3, 0.4) is 0 Å². The molecule has 4 aromatic rings. The monoisotopic (exact) mass is 410 g/mol. The largest absolute Gasteiger partial charge is 0.326 e. The lowest BCUT2D eigenvalue weighted by Gasteiger charge is -2.07. The molecule has 0 saturated heterocycles. The fraction of sp³-hybridized carbons (Fsp3) is 0.0500. The lowest BCUT2D eigenvalue weighted by atomic mass is 10.0. The Morgan fingerprint density at radius 3 is 2.48 bits per heavy atom. The number of para-hydroxylation sites is 2. The van der Waals surface area contributed by atoms with E-state index in [9.17, 15) is 0 Å². The van der Waals surface area contributed by atoms with Crippen molar-refractivity contribution < 1.29 is 0 Å². The number of halogens is 1. The van der Waals surface area contributed by atoms with E-state index in [0.29, 0.717) is 0 Å². The molecule has 0 spiro atoms. The normalized spacial score (nSPS) is 11.0. The molecular weight excluding hydrogens is 395 g/mol. The van der Waals surface area contributed by atoms with Crippen LogP contribution in [-0.4, -0.2) is 9.55 Å². The highest BCUT2D eigenvalue weighted by atomic mass is 127. The Bertz CT molecular complexity index is 955. The lowest BCUT2D eigenvalue weighted by molar-refractivity contribution is 0.825. The molecule has 0 aliphatic heterocycles. The van der Waals surface area contributed by atoms with Gasteiger partial charge in [-0.25, -0.2) is 4.98 Å². The smallest absolute Gasteiger partial charge is 0.0961 e. The van der Waals surface area contributed by atoms with E-state index in [-0.39, 0.29) is 0 Å². The molecule has 3 heteroatoms. The zero-order valence-corrected chi connectivity index (χ0v) is 14.6. The fourth-order valence-corrected chi connectivity index (χ4v) is 3.35. The number of hydrogen-bond donors (Lipinski definition) is 0. The molecule has 0 aliphatic rings. The maximum Gasteiger partial charge on any atom is 0.0961 e. The number of fused-ring (bicyclic) bond motifs is 1. The van der Waals surface area contributed by atoms with E-state index in [4.69, 9.17) is 0 Å². The van der Waals surface area contributed by atoms with Gasteiger partial charge in [0.2, 0.25) is 0 Å². The van der Waals surface area contributed by atoms with Crippen molar-refractivity contribution in [1.82, 2.24) is 9.55 Å². The Kier molecular flexibility index (Phi) is 3.87. The van der Waals surface area contributed by atoms with Gasteiger partial charge in [0, 0.05) is 10.1 Å². The highest BCUT2D eigenvalue weighted by Crippen LogP contribution is 2.22. The Balaban J connectivity index is 1.61. The second kappa shape index (κ2) is 6.16. The van der Waals surface area contributed by atoms with Gasteiger partial charge in [0.1, 0.15) is 0 Å². The Morgan fingerprint density at radius 2 is 1.65 bits per heavy atom. The minimum Gasteiger partial charge on any atom is -0.326 e. The average Bonchev–Trinajstić information content (AvgIpc) is 2.99. The average molecular weight is 410 g/mol. The first-order valence-corrected chi connectivity index (χ1v) is 8.62. The number of aromatic nitrogens is 2. The summed E-state index contributed by atoms with van der Waals surface area (Å²) in [6.45, 7) is 0.840. The molecule has 1 aromatic heterocycles. The van der Waals surface area contributed by atoms with Gasteiger partial charge >= 0.3 is 0 Å². The zero-order chi connectivity index (χ0) is 15.6. The van der Waals surface area contributed by atoms with E-state index in [2.05, 4.69) is 92.8 Å². The number of nitrogens with zero attached hydrogens (tertiary/aromatic N) is 2. The molecule has 112 valence electrons. The van der Waals surface area contributed by atoms with Crippen molar-refractivity contribution in [3.05, 3.63) is 88.3 Å². The molecule has 0 aliphatic carbocycles. The molecule has 2 nitrogen and oxygen atoms in total. The minimum absolute atomic E-state index is 0.840. The lowest BCUT2D eigenvalue weighted by Crippen LogP contribution is -1.97. The Labute approximate surface area is 148 Å². The second-order valence-electron chi connectivity index (χ2n) is 5.57. The Morgan fingerprint density at radius 1 is 0.826 bits per heavy atom. The number of imidazole rings is 1. The number of rotatable bonds is 3. The summed E-state index contributed by atoms with van der Waals surface area (Å²) in [5, 5.41) is 0. The number of benzene rings is 3. The maximum atomic E-state index is 4.45. The highest BCUT2D eigenvalue weighted by Gasteiger charge is 2.03. The van der Waals surface area contributed by atoms with Gasteiger partial charge in [-0.3, -0.25) is 0 Å². The van der Waals surface area contributed by atoms with Gasteiger partial charge in [0.25, 0.3) is 0 Å². The summed E-state index contributed by atoms with van der Waals surface area (Å²) >= 11 is 2.35. The van der Waals surface area contributed by atoms with Gasteiger partial charge in [0.05, 0.1) is 17.4 Å². The van der Waals surface area contributed by atoms with Crippen molar-refractivity contribution >= 4 is 33.6 Å². The molecule has 0 amide bonds. The van der Waals surface area contributed by atoms with E-state index >= 15 is 0 Å². The van der Waals surface area contributed by atoms with Crippen LogP contribution in [0.1, 0.15) is 5.56 Å². The molecule has 1 heterocycles. The van der Waals surface area contributed by atoms with Crippen LogP contribution in [-0.2, 0) is 6.54 Å². The Hall–Kier alpha value is -2.14. The van der Waals surface area contributed by atoms with Crippen molar-refractivity contribution in [1.29, 1.82) is 0 Å². The van der Waals surface area contributed by atoms with E-state index in [1.807, 2.05) is 18.5 Å². The molecule has 0 unspecified atom stereocenters. The summed E-state index contributed by atoms with van der Waals surface area (Å²) in [4.78, 5) is 4.45. The van der Waals surface area contributed by atoms with Crippen molar-refractivity contribution in [3.63, 3.8) is 0 Å². The summed E-state index contributed by atoms with van der Waals surface area (Å²) in [6.07, 6.45) is 1.91. The van der Waals surface area contributed by atoms with Crippen molar-refractivity contribution in [3.8, 4) is 11.1 Å². The summed E-state index contributed by atoms with van der Waals surface area (Å²) < 4.78 is 3.45. The molecule has 4 rings (SSSR count). The second-order valence-corrected chi connectivity index (χ2v) is 6.81. The molecule has 0 fully saturated rings. The van der Waals surface area contributed by atoms with E-state index in [1.54, 1.807) is 0 Å². The van der Waals surface area contributed by atoms with Gasteiger partial charge in [-0.05, 0) is 63.5 Å². The van der Waals surface area contributed by atoms with E-state index in [1.165, 1.54) is 25.8 Å². The first kappa shape index (κ1) is 14.5. The molecule has 23 heavy (non-hydrogen) atoms. The van der Waals surface area contributed by atoms with Gasteiger partial charge < -0.3 is 4.57 Å². The third-order valence-corrected chi connectivity index (χ3v) is 4.66. The quantitative estimate of drug-likeness (QED) is 0.416. The van der Waals surface area contributed by atoms with Crippen LogP contribution in [0.4, 0.5) is 0 Å². The SMILES string of the molecule is Ic1cccc(-c2ccc(Cn3cnc4ccccc43)cc2)c1. The zero-order valence-electron chi connectivity index (χ0n) is 12.5. The van der Waals surface area contributed by atoms with E-state index in [0.717, 1.165) is 12.1 Å². The molecule has 0 bridgehead atoms. The van der Waals surface area contributed by atoms with Crippen LogP contribution in [0.25, 0.3) is 22.2 Å². The fourth-order valence-electron chi connectivity index (χ4n) is 2.80. The van der Waals surface area contributed by atoms with Gasteiger partial charge in [-0.15, -0.1) is 0 Å².